The summed E-state index contributed by atoms with van der Waals surface area (Å²) in [6.07, 6.45) is 4.28. The molecule has 0 aliphatic carbocycles. The summed E-state index contributed by atoms with van der Waals surface area (Å²) >= 11 is 0. The number of hydrogen-bond donors (Lipinski definition) is 2. The fourth-order valence-electron chi connectivity index (χ4n) is 3.79. The number of halogens is 1. The zero-order valence-corrected chi connectivity index (χ0v) is 14.2. The van der Waals surface area contributed by atoms with E-state index in [1.165, 1.54) is 22.6 Å². The third kappa shape index (κ3) is 3.95. The van der Waals surface area contributed by atoms with Crippen molar-refractivity contribution in [2.24, 2.45) is 0 Å². The highest BCUT2D eigenvalue weighted by Crippen LogP contribution is 2.26. The number of rotatable bonds is 4. The van der Waals surface area contributed by atoms with Gasteiger partial charge in [-0.25, -0.2) is 0 Å². The predicted octanol–water partition coefficient (Wildman–Crippen LogP) is -0.502. The second-order valence-electron chi connectivity index (χ2n) is 6.49. The number of amides is 3. The molecule has 0 aromatic rings. The summed E-state index contributed by atoms with van der Waals surface area (Å²) in [6.45, 7) is 3.30. The van der Waals surface area contributed by atoms with Crippen molar-refractivity contribution in [1.29, 1.82) is 0 Å². The van der Waals surface area contributed by atoms with Gasteiger partial charge in [0.2, 0.25) is 5.91 Å². The van der Waals surface area contributed by atoms with Crippen LogP contribution >= 0.6 is 12.4 Å². The summed E-state index contributed by atoms with van der Waals surface area (Å²) in [5, 5.41) is 6.56. The van der Waals surface area contributed by atoms with Gasteiger partial charge in [0.15, 0.2) is 0 Å². The molecule has 3 aliphatic rings. The van der Waals surface area contributed by atoms with E-state index < -0.39 is 11.8 Å². The zero-order chi connectivity index (χ0) is 15.7. The third-order valence-electron chi connectivity index (χ3n) is 4.95. The molecule has 0 spiro atoms. The van der Waals surface area contributed by atoms with Gasteiger partial charge in [-0.15, -0.1) is 12.4 Å². The van der Waals surface area contributed by atoms with Crippen molar-refractivity contribution < 1.29 is 14.4 Å². The van der Waals surface area contributed by atoms with E-state index in [1.807, 2.05) is 6.92 Å². The van der Waals surface area contributed by atoms with Crippen LogP contribution in [0.1, 0.15) is 32.6 Å². The molecule has 0 aromatic carbocycles. The molecule has 3 saturated heterocycles. The van der Waals surface area contributed by atoms with Gasteiger partial charge in [-0.3, -0.25) is 14.4 Å². The lowest BCUT2D eigenvalue weighted by atomic mass is 10.00. The topological polar surface area (TPSA) is 81.8 Å². The molecule has 130 valence electrons. The van der Waals surface area contributed by atoms with E-state index in [0.717, 1.165) is 12.8 Å². The Bertz CT molecular complexity index is 475. The lowest BCUT2D eigenvalue weighted by Crippen LogP contribution is -2.57. The number of carbonyl (C=O) groups excluding carboxylic acids is 3. The Balaban J connectivity index is 0.00000192. The average Bonchev–Trinajstić information content (AvgIpc) is 2.83. The van der Waals surface area contributed by atoms with Crippen molar-refractivity contribution >= 4 is 30.1 Å². The van der Waals surface area contributed by atoms with Gasteiger partial charge in [0, 0.05) is 37.8 Å². The van der Waals surface area contributed by atoms with Crippen LogP contribution < -0.4 is 10.6 Å². The van der Waals surface area contributed by atoms with E-state index >= 15 is 0 Å². The first-order valence-corrected chi connectivity index (χ1v) is 8.20. The van der Waals surface area contributed by atoms with E-state index in [-0.39, 0.29) is 30.9 Å². The number of piperidine rings is 1. The summed E-state index contributed by atoms with van der Waals surface area (Å²) in [6, 6.07) is 1.22. The van der Waals surface area contributed by atoms with Crippen LogP contribution in [0.4, 0.5) is 0 Å². The van der Waals surface area contributed by atoms with Gasteiger partial charge < -0.3 is 20.4 Å². The maximum absolute atomic E-state index is 12.2. The van der Waals surface area contributed by atoms with Gasteiger partial charge in [0.05, 0.1) is 0 Å². The molecule has 23 heavy (non-hydrogen) atoms. The molecule has 3 aliphatic heterocycles. The van der Waals surface area contributed by atoms with Gasteiger partial charge in [0.1, 0.15) is 6.54 Å². The second kappa shape index (κ2) is 7.49. The van der Waals surface area contributed by atoms with Crippen molar-refractivity contribution in [2.75, 3.05) is 26.2 Å². The fraction of sp³-hybridized carbons (Fsp3) is 0.800. The maximum atomic E-state index is 12.2. The fourth-order valence-corrected chi connectivity index (χ4v) is 3.79. The Morgan fingerprint density at radius 3 is 2.30 bits per heavy atom. The summed E-state index contributed by atoms with van der Waals surface area (Å²) in [7, 11) is 0. The molecule has 0 aromatic heterocycles. The smallest absolute Gasteiger partial charge is 0.312 e. The van der Waals surface area contributed by atoms with Crippen LogP contribution in [0.25, 0.3) is 0 Å². The van der Waals surface area contributed by atoms with E-state index in [2.05, 4.69) is 10.6 Å². The Labute approximate surface area is 142 Å². The molecule has 2 N–H and O–H groups in total. The van der Waals surface area contributed by atoms with Crippen LogP contribution in [-0.2, 0) is 14.4 Å². The maximum Gasteiger partial charge on any atom is 0.312 e. The van der Waals surface area contributed by atoms with E-state index in [0.29, 0.717) is 31.7 Å². The highest BCUT2D eigenvalue weighted by atomic mass is 35.5. The Morgan fingerprint density at radius 2 is 1.70 bits per heavy atom. The first kappa shape index (κ1) is 18.0. The standard InChI is InChI=1S/C15H24N4O3.ClH/c1-2-18-5-6-19(15(22)14(18)21)9-13(20)17-12-7-10-3-4-11(8-12)16-10;/h10-12,16H,2-9H2,1H3,(H,17,20);1H. The van der Waals surface area contributed by atoms with Crippen molar-refractivity contribution in [3.05, 3.63) is 0 Å². The third-order valence-corrected chi connectivity index (χ3v) is 4.95. The van der Waals surface area contributed by atoms with Crippen LogP contribution in [0.15, 0.2) is 0 Å². The van der Waals surface area contributed by atoms with Crippen LogP contribution in [0, 0.1) is 0 Å². The normalized spacial score (nSPS) is 30.2. The molecule has 3 amide bonds. The van der Waals surface area contributed by atoms with E-state index in [9.17, 15) is 14.4 Å². The van der Waals surface area contributed by atoms with Gasteiger partial charge in [0.25, 0.3) is 0 Å². The van der Waals surface area contributed by atoms with Gasteiger partial charge in [-0.05, 0) is 32.6 Å². The largest absolute Gasteiger partial charge is 0.352 e. The molecule has 8 heteroatoms. The Hall–Kier alpha value is -1.34. The van der Waals surface area contributed by atoms with Crippen molar-refractivity contribution in [3.8, 4) is 0 Å². The summed E-state index contributed by atoms with van der Waals surface area (Å²) in [5.74, 6) is -1.22. The zero-order valence-electron chi connectivity index (χ0n) is 13.4. The molecular formula is C15H25ClN4O3. The minimum atomic E-state index is -0.561. The molecule has 0 radical (unpaired) electrons. The number of nitrogens with zero attached hydrogens (tertiary/aromatic N) is 2. The highest BCUT2D eigenvalue weighted by Gasteiger charge is 2.35. The number of nitrogens with one attached hydrogen (secondary N) is 2. The van der Waals surface area contributed by atoms with Crippen LogP contribution in [0.2, 0.25) is 0 Å². The number of piperazine rings is 1. The van der Waals surface area contributed by atoms with E-state index in [1.54, 1.807) is 0 Å². The highest BCUT2D eigenvalue weighted by molar-refractivity contribution is 6.35. The predicted molar refractivity (Wildman–Crippen MR) is 87.2 cm³/mol. The number of fused-ring (bicyclic) bond motifs is 2. The molecule has 0 saturated carbocycles. The van der Waals surface area contributed by atoms with Crippen molar-refractivity contribution in [1.82, 2.24) is 20.4 Å². The molecular weight excluding hydrogens is 320 g/mol. The molecule has 3 fully saturated rings. The Kier molecular flexibility index (Phi) is 5.86. The molecule has 7 nitrogen and oxygen atoms in total. The van der Waals surface area contributed by atoms with Crippen LogP contribution in [-0.4, -0.2) is 71.8 Å². The summed E-state index contributed by atoms with van der Waals surface area (Å²) in [4.78, 5) is 38.9. The van der Waals surface area contributed by atoms with Gasteiger partial charge in [-0.2, -0.15) is 0 Å². The summed E-state index contributed by atoms with van der Waals surface area (Å²) < 4.78 is 0. The minimum Gasteiger partial charge on any atom is -0.352 e. The quantitative estimate of drug-likeness (QED) is 0.674. The number of likely N-dealkylation sites (N-methyl/N-ethyl adjacent to an activating group) is 1. The lowest BCUT2D eigenvalue weighted by Gasteiger charge is -2.34. The molecule has 2 bridgehead atoms. The van der Waals surface area contributed by atoms with Crippen molar-refractivity contribution in [2.45, 2.75) is 50.7 Å². The van der Waals surface area contributed by atoms with Crippen molar-refractivity contribution in [3.63, 3.8) is 0 Å². The van der Waals surface area contributed by atoms with Gasteiger partial charge in [-0.1, -0.05) is 0 Å². The average molecular weight is 345 g/mol. The number of carbonyl (C=O) groups is 3. The van der Waals surface area contributed by atoms with Crippen LogP contribution in [0.3, 0.4) is 0 Å². The van der Waals surface area contributed by atoms with Gasteiger partial charge >= 0.3 is 11.8 Å². The van der Waals surface area contributed by atoms with Crippen LogP contribution in [0.5, 0.6) is 0 Å². The first-order valence-electron chi connectivity index (χ1n) is 8.20. The SMILES string of the molecule is CCN1CCN(CC(=O)NC2CC3CCC(C2)N3)C(=O)C1=O.Cl. The minimum absolute atomic E-state index is 0. The lowest BCUT2D eigenvalue weighted by molar-refractivity contribution is -0.156. The molecule has 2 atom stereocenters. The molecule has 3 heterocycles. The molecule has 3 rings (SSSR count). The van der Waals surface area contributed by atoms with E-state index in [4.69, 9.17) is 0 Å². The Morgan fingerprint density at radius 1 is 1.13 bits per heavy atom. The summed E-state index contributed by atoms with van der Waals surface area (Å²) in [5.41, 5.74) is 0. The first-order chi connectivity index (χ1) is 10.6. The molecule has 2 unspecified atom stereocenters. The monoisotopic (exact) mass is 344 g/mol. The second-order valence-corrected chi connectivity index (χ2v) is 6.49. The number of hydrogen-bond acceptors (Lipinski definition) is 4.